The summed E-state index contributed by atoms with van der Waals surface area (Å²) in [5.74, 6) is 0.429. The fourth-order valence-corrected chi connectivity index (χ4v) is 3.30. The van der Waals surface area contributed by atoms with Crippen molar-refractivity contribution in [2.75, 3.05) is 4.90 Å². The molecular formula is C22H15ClN2O4. The maximum Gasteiger partial charge on any atom is 0.420 e. The number of rotatable bonds is 4. The lowest BCUT2D eigenvalue weighted by Crippen LogP contribution is -2.37. The van der Waals surface area contributed by atoms with Gasteiger partial charge in [0.05, 0.1) is 11.0 Å². The van der Waals surface area contributed by atoms with Crippen molar-refractivity contribution >= 4 is 34.8 Å². The number of anilines is 1. The summed E-state index contributed by atoms with van der Waals surface area (Å²) < 4.78 is 5.58. The molecule has 3 aromatic carbocycles. The molecule has 1 amide bonds. The smallest absolute Gasteiger partial charge is 0.410 e. The molecule has 0 saturated carbocycles. The first-order valence-corrected chi connectivity index (χ1v) is 9.19. The number of ether oxygens (including phenoxy) is 1. The standard InChI is InChI=1S/C22H15ClN2O4/c23-17-8-6-16(7-9-17)21-14-20(15-4-2-1-3-5-15)24(22(26)29-21)18-10-12-19(13-11-18)25(27)28/h1-14,20H. The van der Waals surface area contributed by atoms with Crippen LogP contribution < -0.4 is 4.90 Å². The van der Waals surface area contributed by atoms with Gasteiger partial charge in [0.2, 0.25) is 0 Å². The van der Waals surface area contributed by atoms with Gasteiger partial charge >= 0.3 is 6.09 Å². The topological polar surface area (TPSA) is 72.7 Å². The average molecular weight is 407 g/mol. The summed E-state index contributed by atoms with van der Waals surface area (Å²) in [6.07, 6.45) is 1.28. The van der Waals surface area contributed by atoms with E-state index in [2.05, 4.69) is 0 Å². The largest absolute Gasteiger partial charge is 0.420 e. The first-order valence-electron chi connectivity index (χ1n) is 8.81. The van der Waals surface area contributed by atoms with Gasteiger partial charge in [-0.1, -0.05) is 41.9 Å². The maximum absolute atomic E-state index is 13.0. The quantitative estimate of drug-likeness (QED) is 0.394. The number of cyclic esters (lactones) is 1. The van der Waals surface area contributed by atoms with E-state index in [1.54, 1.807) is 24.3 Å². The highest BCUT2D eigenvalue weighted by atomic mass is 35.5. The van der Waals surface area contributed by atoms with Gasteiger partial charge in [-0.3, -0.25) is 15.0 Å². The van der Waals surface area contributed by atoms with E-state index in [0.29, 0.717) is 16.5 Å². The molecule has 1 heterocycles. The van der Waals surface area contributed by atoms with Crippen LogP contribution in [-0.4, -0.2) is 11.0 Å². The van der Waals surface area contributed by atoms with E-state index in [1.807, 2.05) is 36.4 Å². The Balaban J connectivity index is 1.79. The van der Waals surface area contributed by atoms with Gasteiger partial charge in [-0.05, 0) is 48.0 Å². The molecule has 1 aliphatic heterocycles. The zero-order valence-electron chi connectivity index (χ0n) is 15.1. The van der Waals surface area contributed by atoms with Gasteiger partial charge in [0.15, 0.2) is 0 Å². The van der Waals surface area contributed by atoms with Crippen LogP contribution in [0.5, 0.6) is 0 Å². The van der Waals surface area contributed by atoms with Gasteiger partial charge in [-0.2, -0.15) is 0 Å². The molecule has 144 valence electrons. The van der Waals surface area contributed by atoms with Crippen LogP contribution in [-0.2, 0) is 4.74 Å². The van der Waals surface area contributed by atoms with Crippen LogP contribution in [0.3, 0.4) is 0 Å². The molecule has 0 N–H and O–H groups in total. The van der Waals surface area contributed by atoms with Crippen molar-refractivity contribution in [3.05, 3.63) is 111 Å². The SMILES string of the molecule is O=C1OC(c2ccc(Cl)cc2)=CC(c2ccccc2)N1c1ccc([N+](=O)[O-])cc1. The minimum absolute atomic E-state index is 0.0483. The molecule has 3 aromatic rings. The molecule has 7 heteroatoms. The number of nitro groups is 1. The minimum atomic E-state index is -0.569. The van der Waals surface area contributed by atoms with E-state index < -0.39 is 17.1 Å². The van der Waals surface area contributed by atoms with Gasteiger partial charge in [0.1, 0.15) is 5.76 Å². The zero-order chi connectivity index (χ0) is 20.4. The van der Waals surface area contributed by atoms with Crippen LogP contribution in [0.2, 0.25) is 5.02 Å². The number of carbonyl (C=O) groups is 1. The maximum atomic E-state index is 13.0. The lowest BCUT2D eigenvalue weighted by atomic mass is 10.0. The molecule has 1 aliphatic rings. The third-order valence-electron chi connectivity index (χ3n) is 4.59. The Labute approximate surface area is 171 Å². The number of nitrogens with zero attached hydrogens (tertiary/aromatic N) is 2. The molecule has 0 saturated heterocycles. The van der Waals surface area contributed by atoms with Crippen molar-refractivity contribution in [2.24, 2.45) is 0 Å². The third-order valence-corrected chi connectivity index (χ3v) is 4.84. The minimum Gasteiger partial charge on any atom is -0.410 e. The number of nitro benzene ring substituents is 1. The number of hydrogen-bond donors (Lipinski definition) is 0. The van der Waals surface area contributed by atoms with Gasteiger partial charge in [0, 0.05) is 28.4 Å². The van der Waals surface area contributed by atoms with Crippen molar-refractivity contribution in [1.29, 1.82) is 0 Å². The summed E-state index contributed by atoms with van der Waals surface area (Å²) in [5.41, 5.74) is 2.06. The third kappa shape index (κ3) is 3.83. The van der Waals surface area contributed by atoms with Crippen LogP contribution in [0.15, 0.2) is 84.9 Å². The van der Waals surface area contributed by atoms with Gasteiger partial charge in [0.25, 0.3) is 5.69 Å². The average Bonchev–Trinajstić information content (AvgIpc) is 2.74. The second kappa shape index (κ2) is 7.77. The number of carbonyl (C=O) groups excluding carboxylic acids is 1. The molecule has 0 spiro atoms. The Morgan fingerprint density at radius 2 is 1.59 bits per heavy atom. The fraction of sp³-hybridized carbons (Fsp3) is 0.0455. The Hall–Kier alpha value is -3.64. The molecule has 0 fully saturated rings. The number of non-ortho nitro benzene ring substituents is 1. The van der Waals surface area contributed by atoms with Gasteiger partial charge in [-0.15, -0.1) is 0 Å². The van der Waals surface area contributed by atoms with Crippen molar-refractivity contribution < 1.29 is 14.5 Å². The van der Waals surface area contributed by atoms with Crippen molar-refractivity contribution in [3.8, 4) is 0 Å². The molecule has 0 bridgehead atoms. The molecule has 6 nitrogen and oxygen atoms in total. The zero-order valence-corrected chi connectivity index (χ0v) is 15.8. The highest BCUT2D eigenvalue weighted by Crippen LogP contribution is 2.37. The highest BCUT2D eigenvalue weighted by molar-refractivity contribution is 6.30. The molecule has 29 heavy (non-hydrogen) atoms. The van der Waals surface area contributed by atoms with Crippen LogP contribution >= 0.6 is 11.6 Å². The van der Waals surface area contributed by atoms with E-state index in [1.165, 1.54) is 29.2 Å². The predicted octanol–water partition coefficient (Wildman–Crippen LogP) is 5.99. The lowest BCUT2D eigenvalue weighted by Gasteiger charge is -2.34. The summed E-state index contributed by atoms with van der Waals surface area (Å²) in [7, 11) is 0. The second-order valence-corrected chi connectivity index (χ2v) is 6.84. The summed E-state index contributed by atoms with van der Waals surface area (Å²) in [4.78, 5) is 24.9. The first kappa shape index (κ1) is 18.7. The Morgan fingerprint density at radius 3 is 2.21 bits per heavy atom. The van der Waals surface area contributed by atoms with Crippen LogP contribution in [0, 0.1) is 10.1 Å². The molecule has 0 radical (unpaired) electrons. The molecule has 4 rings (SSSR count). The number of halogens is 1. The summed E-state index contributed by atoms with van der Waals surface area (Å²) in [6, 6.07) is 21.9. The lowest BCUT2D eigenvalue weighted by molar-refractivity contribution is -0.384. The normalized spacial score (nSPS) is 16.2. The monoisotopic (exact) mass is 406 g/mol. The number of hydrogen-bond acceptors (Lipinski definition) is 4. The predicted molar refractivity (Wildman–Crippen MR) is 111 cm³/mol. The molecule has 0 aliphatic carbocycles. The Bertz CT molecular complexity index is 1080. The first-order chi connectivity index (χ1) is 14.0. The van der Waals surface area contributed by atoms with E-state index in [9.17, 15) is 14.9 Å². The molecular weight excluding hydrogens is 392 g/mol. The Kier molecular flexibility index (Phi) is 5.01. The second-order valence-electron chi connectivity index (χ2n) is 6.40. The fourth-order valence-electron chi connectivity index (χ4n) is 3.17. The van der Waals surface area contributed by atoms with E-state index in [-0.39, 0.29) is 5.69 Å². The van der Waals surface area contributed by atoms with E-state index in [4.69, 9.17) is 16.3 Å². The summed E-state index contributed by atoms with van der Waals surface area (Å²) in [5, 5.41) is 11.5. The summed E-state index contributed by atoms with van der Waals surface area (Å²) in [6.45, 7) is 0. The molecule has 0 aromatic heterocycles. The molecule has 1 atom stereocenters. The van der Waals surface area contributed by atoms with E-state index in [0.717, 1.165) is 11.1 Å². The van der Waals surface area contributed by atoms with Crippen molar-refractivity contribution in [2.45, 2.75) is 6.04 Å². The van der Waals surface area contributed by atoms with Crippen molar-refractivity contribution in [1.82, 2.24) is 0 Å². The van der Waals surface area contributed by atoms with Gasteiger partial charge in [-0.25, -0.2) is 4.79 Å². The number of benzene rings is 3. The van der Waals surface area contributed by atoms with Crippen LogP contribution in [0.4, 0.5) is 16.2 Å². The number of amides is 1. The summed E-state index contributed by atoms with van der Waals surface area (Å²) >= 11 is 5.96. The van der Waals surface area contributed by atoms with E-state index >= 15 is 0 Å². The highest BCUT2D eigenvalue weighted by Gasteiger charge is 2.33. The van der Waals surface area contributed by atoms with Crippen LogP contribution in [0.25, 0.3) is 5.76 Å². The van der Waals surface area contributed by atoms with Crippen LogP contribution in [0.1, 0.15) is 17.2 Å². The molecule has 1 unspecified atom stereocenters. The van der Waals surface area contributed by atoms with Crippen molar-refractivity contribution in [3.63, 3.8) is 0 Å². The van der Waals surface area contributed by atoms with Gasteiger partial charge < -0.3 is 4.74 Å². The Morgan fingerprint density at radius 1 is 0.931 bits per heavy atom.